The van der Waals surface area contributed by atoms with Crippen LogP contribution in [0.25, 0.3) is 10.9 Å². The second kappa shape index (κ2) is 3.42. The molecular weight excluding hydrogens is 181 g/mol. The van der Waals surface area contributed by atoms with Gasteiger partial charge in [0.1, 0.15) is 5.82 Å². The normalized spacial score (nSPS) is 11.1. The predicted molar refractivity (Wildman–Crippen MR) is 53.5 cm³/mol. The molecule has 0 amide bonds. The second-order valence-corrected chi connectivity index (χ2v) is 3.24. The molecule has 0 radical (unpaired) electrons. The number of nitrogens with zero attached hydrogens (tertiary/aromatic N) is 1. The van der Waals surface area contributed by atoms with Gasteiger partial charge in [-0.1, -0.05) is 0 Å². The van der Waals surface area contributed by atoms with Gasteiger partial charge in [0, 0.05) is 17.6 Å². The minimum Gasteiger partial charge on any atom is -0.390 e. The molecule has 1 N–H and O–H groups in total. The highest BCUT2D eigenvalue weighted by Gasteiger charge is 2.06. The topological polar surface area (TPSA) is 25.2 Å². The fourth-order valence-electron chi connectivity index (χ4n) is 1.79. The third-order valence-corrected chi connectivity index (χ3v) is 2.43. The van der Waals surface area contributed by atoms with E-state index in [0.29, 0.717) is 0 Å². The smallest absolute Gasteiger partial charge is 0.125 e. The number of benzene rings is 1. The average Bonchev–Trinajstić information content (AvgIpc) is 2.54. The molecule has 1 aromatic heterocycles. The SMILES string of the molecule is CCn1c(CO)cc2ccc(F)cc21. The molecule has 0 aliphatic rings. The van der Waals surface area contributed by atoms with Crippen molar-refractivity contribution in [2.75, 3.05) is 0 Å². The molecule has 3 heteroatoms. The van der Waals surface area contributed by atoms with Crippen LogP contribution in [0.3, 0.4) is 0 Å². The van der Waals surface area contributed by atoms with Crippen LogP contribution in [0.1, 0.15) is 12.6 Å². The van der Waals surface area contributed by atoms with Crippen LogP contribution in [0, 0.1) is 5.82 Å². The summed E-state index contributed by atoms with van der Waals surface area (Å²) < 4.78 is 14.9. The van der Waals surface area contributed by atoms with Gasteiger partial charge in [0.25, 0.3) is 0 Å². The third-order valence-electron chi connectivity index (χ3n) is 2.43. The lowest BCUT2D eigenvalue weighted by Gasteiger charge is -2.04. The molecule has 0 spiro atoms. The fourth-order valence-corrected chi connectivity index (χ4v) is 1.79. The van der Waals surface area contributed by atoms with E-state index in [2.05, 4.69) is 0 Å². The van der Waals surface area contributed by atoms with Crippen molar-refractivity contribution in [2.24, 2.45) is 0 Å². The number of halogens is 1. The van der Waals surface area contributed by atoms with Crippen molar-refractivity contribution in [3.63, 3.8) is 0 Å². The van der Waals surface area contributed by atoms with Gasteiger partial charge in [-0.05, 0) is 31.2 Å². The highest BCUT2D eigenvalue weighted by atomic mass is 19.1. The summed E-state index contributed by atoms with van der Waals surface area (Å²) in [6, 6.07) is 6.55. The zero-order valence-electron chi connectivity index (χ0n) is 8.00. The first-order chi connectivity index (χ1) is 6.76. The molecule has 0 unspecified atom stereocenters. The van der Waals surface area contributed by atoms with Crippen LogP contribution in [-0.4, -0.2) is 9.67 Å². The van der Waals surface area contributed by atoms with Gasteiger partial charge in [-0.15, -0.1) is 0 Å². The Morgan fingerprint density at radius 2 is 2.14 bits per heavy atom. The van der Waals surface area contributed by atoms with Gasteiger partial charge < -0.3 is 9.67 Å². The van der Waals surface area contributed by atoms with Gasteiger partial charge in [0.15, 0.2) is 0 Å². The van der Waals surface area contributed by atoms with Crippen LogP contribution in [0.15, 0.2) is 24.3 Å². The molecule has 0 aliphatic carbocycles. The van der Waals surface area contributed by atoms with E-state index in [4.69, 9.17) is 5.11 Å². The molecule has 2 aromatic rings. The standard InChI is InChI=1S/C11H12FNO/c1-2-13-10(7-14)5-8-3-4-9(12)6-11(8)13/h3-6,14H,2,7H2,1H3. The largest absolute Gasteiger partial charge is 0.390 e. The number of aliphatic hydroxyl groups is 1. The number of aliphatic hydroxyl groups excluding tert-OH is 1. The van der Waals surface area contributed by atoms with Crippen LogP contribution in [0.2, 0.25) is 0 Å². The minimum atomic E-state index is -0.241. The highest BCUT2D eigenvalue weighted by molar-refractivity contribution is 5.81. The summed E-state index contributed by atoms with van der Waals surface area (Å²) >= 11 is 0. The second-order valence-electron chi connectivity index (χ2n) is 3.24. The molecule has 0 aliphatic heterocycles. The zero-order valence-corrected chi connectivity index (χ0v) is 8.00. The van der Waals surface area contributed by atoms with E-state index in [0.717, 1.165) is 23.1 Å². The molecule has 1 aromatic carbocycles. The molecule has 2 nitrogen and oxygen atoms in total. The van der Waals surface area contributed by atoms with E-state index < -0.39 is 0 Å². The number of fused-ring (bicyclic) bond motifs is 1. The Balaban J connectivity index is 2.74. The Kier molecular flexibility index (Phi) is 2.25. The Hall–Kier alpha value is -1.35. The van der Waals surface area contributed by atoms with Crippen molar-refractivity contribution in [3.8, 4) is 0 Å². The Bertz CT molecular complexity index is 462. The molecule has 0 saturated carbocycles. The lowest BCUT2D eigenvalue weighted by Crippen LogP contribution is -1.99. The van der Waals surface area contributed by atoms with Crippen molar-refractivity contribution in [3.05, 3.63) is 35.8 Å². The van der Waals surface area contributed by atoms with Gasteiger partial charge in [0.2, 0.25) is 0 Å². The summed E-state index contributed by atoms with van der Waals surface area (Å²) in [5.74, 6) is -0.241. The van der Waals surface area contributed by atoms with E-state index in [1.54, 1.807) is 6.07 Å². The van der Waals surface area contributed by atoms with Crippen molar-refractivity contribution in [2.45, 2.75) is 20.1 Å². The number of aromatic nitrogens is 1. The fraction of sp³-hybridized carbons (Fsp3) is 0.273. The first-order valence-electron chi connectivity index (χ1n) is 4.64. The van der Waals surface area contributed by atoms with Crippen molar-refractivity contribution < 1.29 is 9.50 Å². The van der Waals surface area contributed by atoms with E-state index in [1.807, 2.05) is 17.6 Å². The first kappa shape index (κ1) is 9.21. The maximum Gasteiger partial charge on any atom is 0.125 e. The maximum absolute atomic E-state index is 13.0. The molecule has 1 heterocycles. The Morgan fingerprint density at radius 1 is 1.36 bits per heavy atom. The summed E-state index contributed by atoms with van der Waals surface area (Å²) in [5, 5.41) is 10.1. The number of hydrogen-bond acceptors (Lipinski definition) is 1. The third kappa shape index (κ3) is 1.30. The number of rotatable bonds is 2. The van der Waals surface area contributed by atoms with Gasteiger partial charge in [-0.25, -0.2) is 4.39 Å². The van der Waals surface area contributed by atoms with Gasteiger partial charge in [0.05, 0.1) is 12.1 Å². The first-order valence-corrected chi connectivity index (χ1v) is 4.64. The zero-order chi connectivity index (χ0) is 10.1. The lowest BCUT2D eigenvalue weighted by molar-refractivity contribution is 0.272. The van der Waals surface area contributed by atoms with Gasteiger partial charge in [-0.2, -0.15) is 0 Å². The molecular formula is C11H12FNO. The summed E-state index contributed by atoms with van der Waals surface area (Å²) in [6.07, 6.45) is 0. The van der Waals surface area contributed by atoms with Crippen LogP contribution in [0.4, 0.5) is 4.39 Å². The summed E-state index contributed by atoms with van der Waals surface area (Å²) in [4.78, 5) is 0. The average molecular weight is 193 g/mol. The molecule has 0 fully saturated rings. The van der Waals surface area contributed by atoms with E-state index in [-0.39, 0.29) is 12.4 Å². The molecule has 0 bridgehead atoms. The number of aryl methyl sites for hydroxylation is 1. The Labute approximate surface area is 81.6 Å². The monoisotopic (exact) mass is 193 g/mol. The molecule has 74 valence electrons. The maximum atomic E-state index is 13.0. The molecule has 0 atom stereocenters. The van der Waals surface area contributed by atoms with Crippen LogP contribution >= 0.6 is 0 Å². The quantitative estimate of drug-likeness (QED) is 0.777. The summed E-state index contributed by atoms with van der Waals surface area (Å²) in [5.41, 5.74) is 1.67. The predicted octanol–water partition coefficient (Wildman–Crippen LogP) is 2.29. The molecule has 2 rings (SSSR count). The van der Waals surface area contributed by atoms with E-state index >= 15 is 0 Å². The number of hydrogen-bond donors (Lipinski definition) is 1. The van der Waals surface area contributed by atoms with Crippen LogP contribution in [0.5, 0.6) is 0 Å². The minimum absolute atomic E-state index is 0.00978. The van der Waals surface area contributed by atoms with Crippen LogP contribution < -0.4 is 0 Å². The summed E-state index contributed by atoms with van der Waals surface area (Å²) in [7, 11) is 0. The van der Waals surface area contributed by atoms with Crippen molar-refractivity contribution in [1.82, 2.24) is 4.57 Å². The highest BCUT2D eigenvalue weighted by Crippen LogP contribution is 2.20. The Morgan fingerprint density at radius 3 is 2.79 bits per heavy atom. The molecule has 14 heavy (non-hydrogen) atoms. The lowest BCUT2D eigenvalue weighted by atomic mass is 10.2. The van der Waals surface area contributed by atoms with Gasteiger partial charge >= 0.3 is 0 Å². The van der Waals surface area contributed by atoms with E-state index in [1.165, 1.54) is 12.1 Å². The van der Waals surface area contributed by atoms with Gasteiger partial charge in [-0.3, -0.25) is 0 Å². The van der Waals surface area contributed by atoms with Crippen molar-refractivity contribution in [1.29, 1.82) is 0 Å². The summed E-state index contributed by atoms with van der Waals surface area (Å²) in [6.45, 7) is 2.70. The van der Waals surface area contributed by atoms with E-state index in [9.17, 15) is 4.39 Å². The van der Waals surface area contributed by atoms with Crippen molar-refractivity contribution >= 4 is 10.9 Å². The van der Waals surface area contributed by atoms with Crippen LogP contribution in [-0.2, 0) is 13.2 Å². The molecule has 0 saturated heterocycles.